The fourth-order valence-corrected chi connectivity index (χ4v) is 2.93. The summed E-state index contributed by atoms with van der Waals surface area (Å²) in [6.45, 7) is 2.64. The molecule has 1 fully saturated rings. The van der Waals surface area contributed by atoms with Crippen molar-refractivity contribution >= 4 is 5.97 Å². The highest BCUT2D eigenvalue weighted by atomic mass is 19.2. The maximum absolute atomic E-state index is 13.3. The lowest BCUT2D eigenvalue weighted by molar-refractivity contribution is -0.152. The fourth-order valence-electron chi connectivity index (χ4n) is 2.93. The molecule has 6 heteroatoms. The first kappa shape index (κ1) is 18.5. The summed E-state index contributed by atoms with van der Waals surface area (Å²) in [5.41, 5.74) is 0.669. The van der Waals surface area contributed by atoms with Gasteiger partial charge in [0.25, 0.3) is 0 Å². The van der Waals surface area contributed by atoms with E-state index in [0.717, 1.165) is 25.0 Å². The average molecular weight is 364 g/mol. The summed E-state index contributed by atoms with van der Waals surface area (Å²) in [7, 11) is 0. The molecular weight excluding hydrogens is 345 g/mol. The molecule has 1 heterocycles. The molecule has 2 aromatic carbocycles. The molecule has 1 saturated heterocycles. The number of carbonyl (C=O) groups is 1. The van der Waals surface area contributed by atoms with Crippen LogP contribution in [0.4, 0.5) is 13.2 Å². The SMILES string of the molecule is CCC1CCC(C(=O)Oc2ccc(-c3cc(F)c(F)c(F)c3)cc2)OC1. The topological polar surface area (TPSA) is 35.5 Å². The van der Waals surface area contributed by atoms with Crippen molar-refractivity contribution < 1.29 is 27.4 Å². The van der Waals surface area contributed by atoms with Gasteiger partial charge < -0.3 is 9.47 Å². The highest BCUT2D eigenvalue weighted by molar-refractivity contribution is 5.77. The molecule has 0 bridgehead atoms. The minimum absolute atomic E-state index is 0.195. The van der Waals surface area contributed by atoms with Crippen molar-refractivity contribution in [1.29, 1.82) is 0 Å². The van der Waals surface area contributed by atoms with Crippen molar-refractivity contribution in [1.82, 2.24) is 0 Å². The minimum Gasteiger partial charge on any atom is -0.425 e. The van der Waals surface area contributed by atoms with Gasteiger partial charge in [-0.1, -0.05) is 25.5 Å². The summed E-state index contributed by atoms with van der Waals surface area (Å²) in [4.78, 5) is 12.2. The van der Waals surface area contributed by atoms with Crippen molar-refractivity contribution in [2.75, 3.05) is 6.61 Å². The number of halogens is 3. The van der Waals surface area contributed by atoms with Crippen LogP contribution < -0.4 is 4.74 Å². The van der Waals surface area contributed by atoms with Gasteiger partial charge in [0.15, 0.2) is 23.6 Å². The summed E-state index contributed by atoms with van der Waals surface area (Å²) in [6, 6.07) is 7.96. The molecule has 26 heavy (non-hydrogen) atoms. The van der Waals surface area contributed by atoms with Crippen molar-refractivity contribution in [2.45, 2.75) is 32.3 Å². The van der Waals surface area contributed by atoms with E-state index in [9.17, 15) is 18.0 Å². The van der Waals surface area contributed by atoms with Crippen LogP contribution in [0, 0.1) is 23.4 Å². The van der Waals surface area contributed by atoms with Crippen molar-refractivity contribution in [3.8, 4) is 16.9 Å². The van der Waals surface area contributed by atoms with Crippen LogP contribution >= 0.6 is 0 Å². The molecule has 2 aromatic rings. The molecule has 1 aliphatic heterocycles. The van der Waals surface area contributed by atoms with Gasteiger partial charge in [0.1, 0.15) is 5.75 Å². The van der Waals surface area contributed by atoms with Crippen molar-refractivity contribution in [2.24, 2.45) is 5.92 Å². The summed E-state index contributed by atoms with van der Waals surface area (Å²) in [5, 5.41) is 0. The van der Waals surface area contributed by atoms with Gasteiger partial charge in [0.05, 0.1) is 6.61 Å². The Kier molecular flexibility index (Phi) is 5.61. The van der Waals surface area contributed by atoms with E-state index in [1.165, 1.54) is 12.1 Å². The predicted molar refractivity (Wildman–Crippen MR) is 90.1 cm³/mol. The number of ether oxygens (including phenoxy) is 2. The quantitative estimate of drug-likeness (QED) is 0.441. The van der Waals surface area contributed by atoms with Crippen molar-refractivity contribution in [3.63, 3.8) is 0 Å². The number of esters is 1. The second kappa shape index (κ2) is 7.91. The molecule has 0 saturated carbocycles. The summed E-state index contributed by atoms with van der Waals surface area (Å²) in [5.74, 6) is -3.67. The van der Waals surface area contributed by atoms with E-state index in [1.807, 2.05) is 0 Å². The van der Waals surface area contributed by atoms with E-state index in [4.69, 9.17) is 9.47 Å². The number of benzene rings is 2. The van der Waals surface area contributed by atoms with Gasteiger partial charge in [-0.2, -0.15) is 0 Å². The summed E-state index contributed by atoms with van der Waals surface area (Å²) in [6.07, 6.45) is 2.01. The van der Waals surface area contributed by atoms with Crippen LogP contribution in [-0.2, 0) is 9.53 Å². The fraction of sp³-hybridized carbons (Fsp3) is 0.350. The monoisotopic (exact) mass is 364 g/mol. The van der Waals surface area contributed by atoms with Gasteiger partial charge in [0, 0.05) is 0 Å². The first-order valence-electron chi connectivity index (χ1n) is 8.56. The summed E-state index contributed by atoms with van der Waals surface area (Å²) < 4.78 is 50.6. The largest absolute Gasteiger partial charge is 0.425 e. The molecule has 0 aliphatic carbocycles. The zero-order valence-corrected chi connectivity index (χ0v) is 14.3. The van der Waals surface area contributed by atoms with Gasteiger partial charge in [-0.15, -0.1) is 0 Å². The highest BCUT2D eigenvalue weighted by Crippen LogP contribution is 2.27. The van der Waals surface area contributed by atoms with Gasteiger partial charge in [0.2, 0.25) is 0 Å². The lowest BCUT2D eigenvalue weighted by Gasteiger charge is -2.26. The van der Waals surface area contributed by atoms with E-state index in [2.05, 4.69) is 6.92 Å². The van der Waals surface area contributed by atoms with E-state index < -0.39 is 29.5 Å². The van der Waals surface area contributed by atoms with E-state index in [1.54, 1.807) is 12.1 Å². The van der Waals surface area contributed by atoms with Crippen LogP contribution in [0.1, 0.15) is 26.2 Å². The Morgan fingerprint density at radius 1 is 1.08 bits per heavy atom. The number of rotatable bonds is 4. The molecule has 2 unspecified atom stereocenters. The number of hydrogen-bond donors (Lipinski definition) is 0. The van der Waals surface area contributed by atoms with Crippen LogP contribution in [-0.4, -0.2) is 18.7 Å². The standard InChI is InChI=1S/C20H19F3O3/c1-2-12-3-8-18(25-11-12)20(24)26-15-6-4-13(5-7-15)14-9-16(21)19(23)17(22)10-14/h4-7,9-10,12,18H,2-3,8,11H2,1H3. The van der Waals surface area contributed by atoms with E-state index in [0.29, 0.717) is 30.3 Å². The van der Waals surface area contributed by atoms with Gasteiger partial charge in [-0.25, -0.2) is 18.0 Å². The highest BCUT2D eigenvalue weighted by Gasteiger charge is 2.27. The van der Waals surface area contributed by atoms with Crippen LogP contribution in [0.3, 0.4) is 0 Å². The van der Waals surface area contributed by atoms with Crippen LogP contribution in [0.5, 0.6) is 5.75 Å². The Morgan fingerprint density at radius 3 is 2.27 bits per heavy atom. The Hall–Kier alpha value is -2.34. The Bertz CT molecular complexity index is 758. The van der Waals surface area contributed by atoms with Gasteiger partial charge in [-0.3, -0.25) is 0 Å². The average Bonchev–Trinajstić information content (AvgIpc) is 2.66. The molecule has 3 nitrogen and oxygen atoms in total. The van der Waals surface area contributed by atoms with Crippen LogP contribution in [0.15, 0.2) is 36.4 Å². The smallest absolute Gasteiger partial charge is 0.340 e. The van der Waals surface area contributed by atoms with Gasteiger partial charge in [-0.05, 0) is 54.2 Å². The Morgan fingerprint density at radius 2 is 1.73 bits per heavy atom. The lowest BCUT2D eigenvalue weighted by atomic mass is 9.96. The van der Waals surface area contributed by atoms with Crippen LogP contribution in [0.25, 0.3) is 11.1 Å². The third kappa shape index (κ3) is 4.07. The first-order chi connectivity index (χ1) is 12.5. The van der Waals surface area contributed by atoms with E-state index >= 15 is 0 Å². The second-order valence-electron chi connectivity index (χ2n) is 6.37. The molecule has 1 aliphatic rings. The van der Waals surface area contributed by atoms with Gasteiger partial charge >= 0.3 is 5.97 Å². The molecule has 2 atom stereocenters. The zero-order valence-electron chi connectivity index (χ0n) is 14.3. The second-order valence-corrected chi connectivity index (χ2v) is 6.37. The zero-order chi connectivity index (χ0) is 18.7. The minimum atomic E-state index is -1.50. The van der Waals surface area contributed by atoms with Crippen molar-refractivity contribution in [3.05, 3.63) is 53.8 Å². The molecule has 138 valence electrons. The maximum Gasteiger partial charge on any atom is 0.340 e. The molecular formula is C20H19F3O3. The lowest BCUT2D eigenvalue weighted by Crippen LogP contribution is -2.34. The molecule has 0 N–H and O–H groups in total. The molecule has 0 aromatic heterocycles. The maximum atomic E-state index is 13.3. The molecule has 3 rings (SSSR count). The third-order valence-electron chi connectivity index (χ3n) is 4.60. The summed E-state index contributed by atoms with van der Waals surface area (Å²) >= 11 is 0. The molecule has 0 amide bonds. The number of hydrogen-bond acceptors (Lipinski definition) is 3. The number of carbonyl (C=O) groups excluding carboxylic acids is 1. The Labute approximate surface area is 149 Å². The first-order valence-corrected chi connectivity index (χ1v) is 8.56. The Balaban J connectivity index is 1.66. The third-order valence-corrected chi connectivity index (χ3v) is 4.60. The van der Waals surface area contributed by atoms with E-state index in [-0.39, 0.29) is 5.56 Å². The predicted octanol–water partition coefficient (Wildman–Crippen LogP) is 4.88. The normalized spacial score (nSPS) is 20.0. The van der Waals surface area contributed by atoms with Crippen LogP contribution in [0.2, 0.25) is 0 Å². The molecule has 0 radical (unpaired) electrons. The molecule has 0 spiro atoms.